The fourth-order valence-corrected chi connectivity index (χ4v) is 3.56. The molecule has 0 amide bonds. The normalized spacial score (nSPS) is 25.3. The molecule has 3 atom stereocenters. The molecule has 1 heterocycles. The summed E-state index contributed by atoms with van der Waals surface area (Å²) < 4.78 is 37.4. The number of rotatable bonds is 9. The Kier molecular flexibility index (Phi) is 5.82. The van der Waals surface area contributed by atoms with Crippen LogP contribution in [0.1, 0.15) is 25.3 Å². The van der Waals surface area contributed by atoms with Crippen LogP contribution in [0.2, 0.25) is 0 Å². The summed E-state index contributed by atoms with van der Waals surface area (Å²) in [5.74, 6) is -2.22. The highest BCUT2D eigenvalue weighted by Gasteiger charge is 2.71. The molecule has 4 nitrogen and oxygen atoms in total. The zero-order valence-electron chi connectivity index (χ0n) is 15.3. The van der Waals surface area contributed by atoms with Crippen molar-refractivity contribution < 1.29 is 23.4 Å². The van der Waals surface area contributed by atoms with Crippen LogP contribution in [-0.4, -0.2) is 55.4 Å². The van der Waals surface area contributed by atoms with E-state index in [0.717, 1.165) is 18.4 Å². The van der Waals surface area contributed by atoms with E-state index >= 15 is 0 Å². The van der Waals surface area contributed by atoms with Gasteiger partial charge >= 0.3 is 0 Å². The summed E-state index contributed by atoms with van der Waals surface area (Å²) in [6.07, 6.45) is 5.49. The average molecular weight is 367 g/mol. The third-order valence-electron chi connectivity index (χ3n) is 5.09. The highest BCUT2D eigenvalue weighted by molar-refractivity contribution is 5.55. The Hall–Kier alpha value is -1.66. The standard InChI is InChI=1S/C20H27F2NO3/c1-3-4-5-6-14-7-16(25-2)9-17(8-14)26-13-15(24)10-23-11-18-19(12-23)20(18,21)22/h5-9,15,18-19,24H,3-4,10-13H2,1-2H3/b6-5+. The Morgan fingerprint density at radius 2 is 1.96 bits per heavy atom. The second-order valence-electron chi connectivity index (χ2n) is 7.20. The number of β-amino-alcohol motifs (C(OH)–C–C–N with tert-alkyl or cyclic N) is 1. The summed E-state index contributed by atoms with van der Waals surface area (Å²) >= 11 is 0. The van der Waals surface area contributed by atoms with Crippen molar-refractivity contribution in [2.75, 3.05) is 33.4 Å². The molecule has 1 saturated heterocycles. The predicted octanol–water partition coefficient (Wildman–Crippen LogP) is 3.45. The number of methoxy groups -OCH3 is 1. The van der Waals surface area contributed by atoms with E-state index in [1.54, 1.807) is 13.2 Å². The average Bonchev–Trinajstić information content (AvgIpc) is 2.96. The van der Waals surface area contributed by atoms with Crippen LogP contribution in [0.25, 0.3) is 6.08 Å². The maximum absolute atomic E-state index is 13.2. The lowest BCUT2D eigenvalue weighted by Crippen LogP contribution is -2.37. The molecule has 0 radical (unpaired) electrons. The molecule has 2 aliphatic rings. The van der Waals surface area contributed by atoms with Crippen molar-refractivity contribution in [2.24, 2.45) is 11.8 Å². The Morgan fingerprint density at radius 3 is 2.62 bits per heavy atom. The first-order chi connectivity index (χ1) is 12.4. The topological polar surface area (TPSA) is 41.9 Å². The van der Waals surface area contributed by atoms with Crippen LogP contribution in [0.5, 0.6) is 11.5 Å². The first-order valence-electron chi connectivity index (χ1n) is 9.20. The second-order valence-corrected chi connectivity index (χ2v) is 7.20. The minimum absolute atomic E-state index is 0.119. The van der Waals surface area contributed by atoms with Gasteiger partial charge in [0, 0.05) is 37.5 Å². The Labute approximate surface area is 153 Å². The van der Waals surface area contributed by atoms with E-state index in [4.69, 9.17) is 9.47 Å². The molecule has 1 aliphatic carbocycles. The van der Waals surface area contributed by atoms with E-state index in [1.807, 2.05) is 23.1 Å². The molecule has 144 valence electrons. The maximum Gasteiger partial charge on any atom is 0.257 e. The van der Waals surface area contributed by atoms with Gasteiger partial charge in [0.2, 0.25) is 0 Å². The third-order valence-corrected chi connectivity index (χ3v) is 5.09. The molecule has 1 saturated carbocycles. The zero-order valence-corrected chi connectivity index (χ0v) is 15.3. The fourth-order valence-electron chi connectivity index (χ4n) is 3.56. The van der Waals surface area contributed by atoms with Crippen molar-refractivity contribution in [1.82, 2.24) is 4.90 Å². The molecule has 0 spiro atoms. The van der Waals surface area contributed by atoms with Gasteiger partial charge in [0.25, 0.3) is 5.92 Å². The largest absolute Gasteiger partial charge is 0.497 e. The van der Waals surface area contributed by atoms with Crippen LogP contribution in [0, 0.1) is 11.8 Å². The van der Waals surface area contributed by atoms with Crippen molar-refractivity contribution in [1.29, 1.82) is 0 Å². The van der Waals surface area contributed by atoms with Crippen LogP contribution in [0.4, 0.5) is 8.78 Å². The first-order valence-corrected chi connectivity index (χ1v) is 9.20. The van der Waals surface area contributed by atoms with Crippen LogP contribution < -0.4 is 9.47 Å². The van der Waals surface area contributed by atoms with E-state index in [1.165, 1.54) is 0 Å². The number of nitrogens with zero attached hydrogens (tertiary/aromatic N) is 1. The van der Waals surface area contributed by atoms with Crippen LogP contribution >= 0.6 is 0 Å². The number of hydrogen-bond donors (Lipinski definition) is 1. The number of halogens is 2. The number of ether oxygens (including phenoxy) is 2. The fraction of sp³-hybridized carbons (Fsp3) is 0.600. The number of unbranched alkanes of at least 4 members (excludes halogenated alkanes) is 1. The number of aliphatic hydroxyl groups excluding tert-OH is 1. The summed E-state index contributed by atoms with van der Waals surface area (Å²) in [4.78, 5) is 1.89. The number of likely N-dealkylation sites (tertiary alicyclic amines) is 1. The zero-order chi connectivity index (χ0) is 18.7. The molecule has 1 aromatic rings. The molecule has 0 aromatic heterocycles. The van der Waals surface area contributed by atoms with Crippen molar-refractivity contribution in [3.63, 3.8) is 0 Å². The molecule has 26 heavy (non-hydrogen) atoms. The van der Waals surface area contributed by atoms with E-state index in [2.05, 4.69) is 13.0 Å². The lowest BCUT2D eigenvalue weighted by molar-refractivity contribution is 0.0302. The maximum atomic E-state index is 13.2. The molecular formula is C20H27F2NO3. The number of piperidine rings is 1. The Bertz CT molecular complexity index is 636. The number of benzene rings is 1. The van der Waals surface area contributed by atoms with E-state index < -0.39 is 23.9 Å². The van der Waals surface area contributed by atoms with Gasteiger partial charge in [-0.3, -0.25) is 4.90 Å². The van der Waals surface area contributed by atoms with Gasteiger partial charge in [-0.25, -0.2) is 8.78 Å². The Balaban J connectivity index is 1.49. The third kappa shape index (κ3) is 4.35. The summed E-state index contributed by atoms with van der Waals surface area (Å²) in [5.41, 5.74) is 0.976. The number of alkyl halides is 2. The van der Waals surface area contributed by atoms with Crippen LogP contribution in [0.15, 0.2) is 24.3 Å². The summed E-state index contributed by atoms with van der Waals surface area (Å²) in [7, 11) is 1.60. The first kappa shape index (κ1) is 19.1. The number of aliphatic hydroxyl groups is 1. The minimum Gasteiger partial charge on any atom is -0.497 e. The van der Waals surface area contributed by atoms with E-state index in [0.29, 0.717) is 31.1 Å². The van der Waals surface area contributed by atoms with Gasteiger partial charge in [-0.15, -0.1) is 0 Å². The summed E-state index contributed by atoms with van der Waals surface area (Å²) in [6.45, 7) is 3.32. The molecule has 1 aromatic carbocycles. The van der Waals surface area contributed by atoms with Gasteiger partial charge in [0.1, 0.15) is 24.2 Å². The van der Waals surface area contributed by atoms with Crippen molar-refractivity contribution in [2.45, 2.75) is 31.8 Å². The molecule has 1 aliphatic heterocycles. The van der Waals surface area contributed by atoms with Gasteiger partial charge in [-0.05, 0) is 24.1 Å². The Morgan fingerprint density at radius 1 is 1.27 bits per heavy atom. The van der Waals surface area contributed by atoms with Gasteiger partial charge in [0.15, 0.2) is 0 Å². The summed E-state index contributed by atoms with van der Waals surface area (Å²) in [6, 6.07) is 5.59. The van der Waals surface area contributed by atoms with Gasteiger partial charge in [-0.2, -0.15) is 0 Å². The van der Waals surface area contributed by atoms with Gasteiger partial charge in [0.05, 0.1) is 7.11 Å². The molecule has 6 heteroatoms. The number of fused-ring (bicyclic) bond motifs is 1. The molecule has 1 N–H and O–H groups in total. The molecule has 2 fully saturated rings. The lowest BCUT2D eigenvalue weighted by atomic mass is 10.1. The van der Waals surface area contributed by atoms with Crippen molar-refractivity contribution >= 4 is 6.08 Å². The number of hydrogen-bond acceptors (Lipinski definition) is 4. The summed E-state index contributed by atoms with van der Waals surface area (Å²) in [5, 5.41) is 10.2. The lowest BCUT2D eigenvalue weighted by Gasteiger charge is -2.22. The van der Waals surface area contributed by atoms with Gasteiger partial charge in [-0.1, -0.05) is 25.5 Å². The minimum atomic E-state index is -2.49. The van der Waals surface area contributed by atoms with Crippen LogP contribution in [-0.2, 0) is 0 Å². The quantitative estimate of drug-likeness (QED) is 0.726. The van der Waals surface area contributed by atoms with Crippen molar-refractivity contribution in [3.05, 3.63) is 29.8 Å². The van der Waals surface area contributed by atoms with E-state index in [9.17, 15) is 13.9 Å². The highest BCUT2D eigenvalue weighted by atomic mass is 19.3. The van der Waals surface area contributed by atoms with E-state index in [-0.39, 0.29) is 6.61 Å². The SMILES string of the molecule is CCC/C=C/c1cc(OC)cc(OCC(O)CN2CC3C(C2)C3(F)F)c1. The monoisotopic (exact) mass is 367 g/mol. The molecule has 0 bridgehead atoms. The number of allylic oxidation sites excluding steroid dienone is 1. The molecular weight excluding hydrogens is 340 g/mol. The predicted molar refractivity (Wildman–Crippen MR) is 96.8 cm³/mol. The van der Waals surface area contributed by atoms with Crippen molar-refractivity contribution in [3.8, 4) is 11.5 Å². The molecule has 3 rings (SSSR count). The smallest absolute Gasteiger partial charge is 0.257 e. The highest BCUT2D eigenvalue weighted by Crippen LogP contribution is 2.59. The molecule has 3 unspecified atom stereocenters. The van der Waals surface area contributed by atoms with Crippen LogP contribution in [0.3, 0.4) is 0 Å². The van der Waals surface area contributed by atoms with Gasteiger partial charge < -0.3 is 14.6 Å². The second kappa shape index (κ2) is 7.92.